The van der Waals surface area contributed by atoms with Crippen molar-refractivity contribution in [2.24, 2.45) is 4.99 Å². The van der Waals surface area contributed by atoms with Crippen LogP contribution < -0.4 is 10.6 Å². The number of hydrogen-bond acceptors (Lipinski definition) is 5. The minimum absolute atomic E-state index is 0.0907. The van der Waals surface area contributed by atoms with Crippen molar-refractivity contribution < 1.29 is 14.3 Å². The lowest BCUT2D eigenvalue weighted by Crippen LogP contribution is -2.40. The Hall–Kier alpha value is -2.64. The van der Waals surface area contributed by atoms with Crippen molar-refractivity contribution in [3.63, 3.8) is 0 Å². The quantitative estimate of drug-likeness (QED) is 0.655. The van der Waals surface area contributed by atoms with Crippen LogP contribution in [0.4, 0.5) is 10.1 Å². The number of alkyl halides is 1. The van der Waals surface area contributed by atoms with Crippen molar-refractivity contribution in [1.82, 2.24) is 15.5 Å². The predicted octanol–water partition coefficient (Wildman–Crippen LogP) is 0.970. The molecular formula is C12H12FN5O2. The molecule has 1 aliphatic heterocycles. The van der Waals surface area contributed by atoms with Gasteiger partial charge >= 0.3 is 5.97 Å². The summed E-state index contributed by atoms with van der Waals surface area (Å²) in [4.78, 5) is 15.2. The monoisotopic (exact) mass is 277 g/mol. The van der Waals surface area contributed by atoms with Crippen LogP contribution in [0.5, 0.6) is 0 Å². The summed E-state index contributed by atoms with van der Waals surface area (Å²) < 4.78 is 12.9. The molecule has 7 nitrogen and oxygen atoms in total. The molecule has 0 saturated heterocycles. The van der Waals surface area contributed by atoms with Gasteiger partial charge in [-0.3, -0.25) is 5.10 Å². The smallest absolute Gasteiger partial charge is 0.336 e. The van der Waals surface area contributed by atoms with Crippen LogP contribution in [0.3, 0.4) is 0 Å². The number of guanidine groups is 1. The average Bonchev–Trinajstić information content (AvgIpc) is 2.88. The number of aliphatic imine (C=N–C) groups is 1. The number of anilines is 1. The molecule has 3 rings (SSSR count). The Kier molecular flexibility index (Phi) is 2.97. The van der Waals surface area contributed by atoms with E-state index in [-0.39, 0.29) is 18.7 Å². The number of H-pyrrole nitrogens is 1. The maximum atomic E-state index is 12.9. The highest BCUT2D eigenvalue weighted by atomic mass is 19.1. The van der Waals surface area contributed by atoms with E-state index in [4.69, 9.17) is 0 Å². The largest absolute Gasteiger partial charge is 0.478 e. The number of nitrogens with one attached hydrogen (secondary N) is 3. The summed E-state index contributed by atoms with van der Waals surface area (Å²) in [5.74, 6) is -0.614. The number of carboxylic acid groups (broad SMARTS) is 1. The Morgan fingerprint density at radius 1 is 1.50 bits per heavy atom. The number of rotatable bonds is 2. The number of carbonyl (C=O) groups is 1. The molecular weight excluding hydrogens is 265 g/mol. The molecule has 2 aromatic rings. The minimum atomic E-state index is -1.04. The fourth-order valence-electron chi connectivity index (χ4n) is 2.04. The normalized spacial score (nSPS) is 18.4. The molecule has 1 aromatic carbocycles. The number of fused-ring (bicyclic) bond motifs is 1. The van der Waals surface area contributed by atoms with Gasteiger partial charge in [0, 0.05) is 11.1 Å². The van der Waals surface area contributed by atoms with Gasteiger partial charge in [-0.2, -0.15) is 5.10 Å². The third-order valence-electron chi connectivity index (χ3n) is 2.99. The third kappa shape index (κ3) is 2.27. The summed E-state index contributed by atoms with van der Waals surface area (Å²) in [5.41, 5.74) is 1.29. The van der Waals surface area contributed by atoms with E-state index in [1.165, 1.54) is 12.3 Å². The molecule has 1 aliphatic rings. The van der Waals surface area contributed by atoms with Gasteiger partial charge in [-0.1, -0.05) is 0 Å². The number of carboxylic acids is 1. The SMILES string of the molecule is O=C(O)c1cc(NC2=NCC(F)CN2)cc2[nH]ncc12. The molecule has 1 unspecified atom stereocenters. The lowest BCUT2D eigenvalue weighted by molar-refractivity contribution is 0.0699. The Labute approximate surface area is 112 Å². The molecule has 0 aliphatic carbocycles. The molecule has 4 N–H and O–H groups in total. The second-order valence-electron chi connectivity index (χ2n) is 4.45. The zero-order valence-electron chi connectivity index (χ0n) is 10.4. The van der Waals surface area contributed by atoms with Crippen LogP contribution in [0, 0.1) is 0 Å². The number of aromatic carboxylic acids is 1. The molecule has 0 fully saturated rings. The van der Waals surface area contributed by atoms with E-state index in [9.17, 15) is 14.3 Å². The molecule has 1 aromatic heterocycles. The molecule has 0 bridgehead atoms. The topological polar surface area (TPSA) is 102 Å². The summed E-state index contributed by atoms with van der Waals surface area (Å²) in [5, 5.41) is 22.0. The van der Waals surface area contributed by atoms with E-state index in [1.54, 1.807) is 6.07 Å². The Balaban J connectivity index is 1.94. The van der Waals surface area contributed by atoms with Gasteiger partial charge < -0.3 is 15.7 Å². The van der Waals surface area contributed by atoms with Crippen LogP contribution in [0.2, 0.25) is 0 Å². The van der Waals surface area contributed by atoms with Crippen molar-refractivity contribution in [3.05, 3.63) is 23.9 Å². The van der Waals surface area contributed by atoms with Gasteiger partial charge in [-0.15, -0.1) is 0 Å². The van der Waals surface area contributed by atoms with Crippen LogP contribution >= 0.6 is 0 Å². The van der Waals surface area contributed by atoms with Gasteiger partial charge in [0.15, 0.2) is 5.96 Å². The van der Waals surface area contributed by atoms with Crippen molar-refractivity contribution in [3.8, 4) is 0 Å². The first-order chi connectivity index (χ1) is 9.63. The Bertz CT molecular complexity index is 696. The van der Waals surface area contributed by atoms with Crippen molar-refractivity contribution >= 4 is 28.5 Å². The number of aromatic nitrogens is 2. The molecule has 0 amide bonds. The second-order valence-corrected chi connectivity index (χ2v) is 4.45. The zero-order chi connectivity index (χ0) is 14.1. The zero-order valence-corrected chi connectivity index (χ0v) is 10.4. The van der Waals surface area contributed by atoms with Gasteiger partial charge in [0.2, 0.25) is 0 Å². The molecule has 2 heterocycles. The van der Waals surface area contributed by atoms with E-state index in [1.807, 2.05) is 0 Å². The van der Waals surface area contributed by atoms with E-state index >= 15 is 0 Å². The number of hydrogen-bond donors (Lipinski definition) is 4. The maximum Gasteiger partial charge on any atom is 0.336 e. The summed E-state index contributed by atoms with van der Waals surface area (Å²) >= 11 is 0. The lowest BCUT2D eigenvalue weighted by atomic mass is 10.1. The average molecular weight is 277 g/mol. The standard InChI is InChI=1S/C12H12FN5O2/c13-6-3-14-12(15-4-6)17-7-1-8(11(19)20)9-5-16-18-10(9)2-7/h1-2,5-6H,3-4H2,(H,16,18)(H,19,20)(H2,14,15,17). The summed E-state index contributed by atoms with van der Waals surface area (Å²) in [6.45, 7) is 0.275. The first-order valence-corrected chi connectivity index (χ1v) is 6.03. The van der Waals surface area contributed by atoms with E-state index < -0.39 is 12.1 Å². The number of aromatic amines is 1. The molecule has 20 heavy (non-hydrogen) atoms. The fourth-order valence-corrected chi connectivity index (χ4v) is 2.04. The summed E-state index contributed by atoms with van der Waals surface area (Å²) in [6.07, 6.45) is 0.470. The highest BCUT2D eigenvalue weighted by molar-refractivity contribution is 6.05. The molecule has 0 spiro atoms. The highest BCUT2D eigenvalue weighted by Crippen LogP contribution is 2.22. The molecule has 1 atom stereocenters. The number of halogens is 1. The Morgan fingerprint density at radius 2 is 2.35 bits per heavy atom. The molecule has 8 heteroatoms. The van der Waals surface area contributed by atoms with Crippen molar-refractivity contribution in [2.45, 2.75) is 6.17 Å². The van der Waals surface area contributed by atoms with Gasteiger partial charge in [0.1, 0.15) is 6.17 Å². The van der Waals surface area contributed by atoms with Crippen LogP contribution in [-0.4, -0.2) is 46.5 Å². The van der Waals surface area contributed by atoms with E-state index in [2.05, 4.69) is 25.8 Å². The molecule has 0 radical (unpaired) electrons. The van der Waals surface area contributed by atoms with Crippen molar-refractivity contribution in [2.75, 3.05) is 18.4 Å². The predicted molar refractivity (Wildman–Crippen MR) is 71.9 cm³/mol. The fraction of sp³-hybridized carbons (Fsp3) is 0.250. The molecule has 104 valence electrons. The van der Waals surface area contributed by atoms with E-state index in [0.29, 0.717) is 22.5 Å². The first-order valence-electron chi connectivity index (χ1n) is 6.03. The van der Waals surface area contributed by atoms with Crippen LogP contribution in [0.15, 0.2) is 23.3 Å². The maximum absolute atomic E-state index is 12.9. The second kappa shape index (κ2) is 4.80. The number of nitrogens with zero attached hydrogens (tertiary/aromatic N) is 2. The third-order valence-corrected chi connectivity index (χ3v) is 2.99. The summed E-state index contributed by atoms with van der Waals surface area (Å²) in [7, 11) is 0. The minimum Gasteiger partial charge on any atom is -0.478 e. The van der Waals surface area contributed by atoms with Gasteiger partial charge in [0.05, 0.1) is 30.4 Å². The van der Waals surface area contributed by atoms with Crippen LogP contribution in [0.1, 0.15) is 10.4 Å². The highest BCUT2D eigenvalue weighted by Gasteiger charge is 2.16. The number of benzene rings is 1. The van der Waals surface area contributed by atoms with E-state index in [0.717, 1.165) is 0 Å². The van der Waals surface area contributed by atoms with Crippen molar-refractivity contribution in [1.29, 1.82) is 0 Å². The van der Waals surface area contributed by atoms with Gasteiger partial charge in [-0.05, 0) is 12.1 Å². The van der Waals surface area contributed by atoms with Crippen LogP contribution in [0.25, 0.3) is 10.9 Å². The lowest BCUT2D eigenvalue weighted by Gasteiger charge is -2.18. The molecule has 0 saturated carbocycles. The first kappa shape index (κ1) is 12.4. The van der Waals surface area contributed by atoms with Gasteiger partial charge in [0.25, 0.3) is 0 Å². The Morgan fingerprint density at radius 3 is 3.05 bits per heavy atom. The van der Waals surface area contributed by atoms with Crippen LogP contribution in [-0.2, 0) is 0 Å². The van der Waals surface area contributed by atoms with Gasteiger partial charge in [-0.25, -0.2) is 14.2 Å². The summed E-state index contributed by atoms with van der Waals surface area (Å²) in [6, 6.07) is 3.21.